The SMILES string of the molecule is COc1cc(Br)ccc1C(N)c1ccc(C)o1. The quantitative estimate of drug-likeness (QED) is 0.944. The summed E-state index contributed by atoms with van der Waals surface area (Å²) in [6.07, 6.45) is 0. The standard InChI is InChI=1S/C13H14BrNO2/c1-8-3-6-11(17-8)13(15)10-5-4-9(14)7-12(10)16-2/h3-7,13H,15H2,1-2H3. The van der Waals surface area contributed by atoms with Crippen molar-refractivity contribution < 1.29 is 9.15 Å². The highest BCUT2D eigenvalue weighted by Crippen LogP contribution is 2.31. The lowest BCUT2D eigenvalue weighted by atomic mass is 10.0. The Morgan fingerprint density at radius 1 is 1.29 bits per heavy atom. The molecule has 1 heterocycles. The van der Waals surface area contributed by atoms with Gasteiger partial charge in [0.05, 0.1) is 13.2 Å². The zero-order chi connectivity index (χ0) is 12.4. The summed E-state index contributed by atoms with van der Waals surface area (Å²) in [5, 5.41) is 0. The van der Waals surface area contributed by atoms with Gasteiger partial charge >= 0.3 is 0 Å². The molecule has 0 spiro atoms. The number of hydrogen-bond acceptors (Lipinski definition) is 3. The van der Waals surface area contributed by atoms with Crippen molar-refractivity contribution in [2.45, 2.75) is 13.0 Å². The van der Waals surface area contributed by atoms with Crippen LogP contribution in [0.15, 0.2) is 39.2 Å². The Balaban J connectivity index is 2.39. The number of nitrogens with two attached hydrogens (primary N) is 1. The molecular formula is C13H14BrNO2. The predicted octanol–water partition coefficient (Wildman–Crippen LogP) is 3.41. The number of methoxy groups -OCH3 is 1. The number of benzene rings is 1. The lowest BCUT2D eigenvalue weighted by molar-refractivity contribution is 0.401. The number of rotatable bonds is 3. The van der Waals surface area contributed by atoms with Gasteiger partial charge in [-0.3, -0.25) is 0 Å². The van der Waals surface area contributed by atoms with Crippen molar-refractivity contribution in [3.05, 3.63) is 51.9 Å². The minimum Gasteiger partial charge on any atom is -0.496 e. The van der Waals surface area contributed by atoms with E-state index in [0.717, 1.165) is 27.3 Å². The fourth-order valence-corrected chi connectivity index (χ4v) is 2.06. The van der Waals surface area contributed by atoms with Gasteiger partial charge in [0.1, 0.15) is 17.3 Å². The summed E-state index contributed by atoms with van der Waals surface area (Å²) in [6.45, 7) is 1.90. The van der Waals surface area contributed by atoms with E-state index in [4.69, 9.17) is 14.9 Å². The van der Waals surface area contributed by atoms with Gasteiger partial charge in [-0.25, -0.2) is 0 Å². The minimum absolute atomic E-state index is 0.313. The third-order valence-corrected chi connectivity index (χ3v) is 3.09. The number of aryl methyl sites for hydroxylation is 1. The largest absolute Gasteiger partial charge is 0.496 e. The molecule has 0 aliphatic heterocycles. The molecule has 1 aromatic heterocycles. The summed E-state index contributed by atoms with van der Waals surface area (Å²) >= 11 is 3.40. The van der Waals surface area contributed by atoms with Crippen LogP contribution < -0.4 is 10.5 Å². The van der Waals surface area contributed by atoms with Gasteiger partial charge in [0.25, 0.3) is 0 Å². The van der Waals surface area contributed by atoms with Crippen LogP contribution in [0.1, 0.15) is 23.1 Å². The maximum Gasteiger partial charge on any atom is 0.125 e. The van der Waals surface area contributed by atoms with Crippen LogP contribution in [0.3, 0.4) is 0 Å². The molecule has 0 saturated carbocycles. The molecule has 1 atom stereocenters. The highest BCUT2D eigenvalue weighted by molar-refractivity contribution is 9.10. The monoisotopic (exact) mass is 295 g/mol. The Bertz CT molecular complexity index is 522. The molecule has 0 amide bonds. The number of ether oxygens (including phenoxy) is 1. The zero-order valence-electron chi connectivity index (χ0n) is 9.74. The molecule has 0 fully saturated rings. The molecule has 0 aliphatic rings. The van der Waals surface area contributed by atoms with Crippen LogP contribution in [-0.4, -0.2) is 7.11 Å². The Morgan fingerprint density at radius 2 is 2.06 bits per heavy atom. The second-order valence-electron chi connectivity index (χ2n) is 3.81. The van der Waals surface area contributed by atoms with Crippen LogP contribution in [0.2, 0.25) is 0 Å². The molecule has 0 saturated heterocycles. The molecule has 1 unspecified atom stereocenters. The maximum absolute atomic E-state index is 6.17. The second-order valence-corrected chi connectivity index (χ2v) is 4.73. The Morgan fingerprint density at radius 3 is 2.65 bits per heavy atom. The van der Waals surface area contributed by atoms with E-state index < -0.39 is 0 Å². The summed E-state index contributed by atoms with van der Waals surface area (Å²) < 4.78 is 11.8. The summed E-state index contributed by atoms with van der Waals surface area (Å²) in [7, 11) is 1.63. The average molecular weight is 296 g/mol. The number of halogens is 1. The van der Waals surface area contributed by atoms with Crippen molar-refractivity contribution in [2.24, 2.45) is 5.73 Å². The third kappa shape index (κ3) is 2.53. The van der Waals surface area contributed by atoms with Gasteiger partial charge in [-0.15, -0.1) is 0 Å². The van der Waals surface area contributed by atoms with Crippen molar-refractivity contribution >= 4 is 15.9 Å². The van der Waals surface area contributed by atoms with Crippen molar-refractivity contribution in [3.8, 4) is 5.75 Å². The topological polar surface area (TPSA) is 48.4 Å². The van der Waals surface area contributed by atoms with Gasteiger partial charge in [-0.05, 0) is 31.2 Å². The molecule has 2 aromatic rings. The van der Waals surface area contributed by atoms with E-state index in [1.54, 1.807) is 7.11 Å². The number of furan rings is 1. The van der Waals surface area contributed by atoms with Gasteiger partial charge in [0, 0.05) is 10.0 Å². The molecule has 0 aliphatic carbocycles. The second kappa shape index (κ2) is 4.94. The first-order valence-corrected chi connectivity index (χ1v) is 6.06. The molecule has 2 rings (SSSR count). The fourth-order valence-electron chi connectivity index (χ4n) is 1.72. The predicted molar refractivity (Wildman–Crippen MR) is 70.2 cm³/mol. The highest BCUT2D eigenvalue weighted by Gasteiger charge is 2.17. The van der Waals surface area contributed by atoms with Crippen LogP contribution in [0.4, 0.5) is 0 Å². The molecule has 17 heavy (non-hydrogen) atoms. The van der Waals surface area contributed by atoms with E-state index >= 15 is 0 Å². The van der Waals surface area contributed by atoms with Crippen LogP contribution in [0.25, 0.3) is 0 Å². The molecule has 0 bridgehead atoms. The van der Waals surface area contributed by atoms with Gasteiger partial charge in [0.15, 0.2) is 0 Å². The van der Waals surface area contributed by atoms with E-state index in [1.807, 2.05) is 37.3 Å². The van der Waals surface area contributed by atoms with Crippen LogP contribution in [0.5, 0.6) is 5.75 Å². The van der Waals surface area contributed by atoms with E-state index in [1.165, 1.54) is 0 Å². The molecule has 90 valence electrons. The summed E-state index contributed by atoms with van der Waals surface area (Å²) in [4.78, 5) is 0. The van der Waals surface area contributed by atoms with Crippen LogP contribution >= 0.6 is 15.9 Å². The van der Waals surface area contributed by atoms with E-state index in [9.17, 15) is 0 Å². The van der Waals surface area contributed by atoms with Crippen molar-refractivity contribution in [1.82, 2.24) is 0 Å². The van der Waals surface area contributed by atoms with Gasteiger partial charge in [0.2, 0.25) is 0 Å². The van der Waals surface area contributed by atoms with Gasteiger partial charge in [-0.1, -0.05) is 22.0 Å². The van der Waals surface area contributed by atoms with Crippen LogP contribution in [0, 0.1) is 6.92 Å². The Hall–Kier alpha value is -1.26. The smallest absolute Gasteiger partial charge is 0.125 e. The van der Waals surface area contributed by atoms with E-state index in [-0.39, 0.29) is 6.04 Å². The van der Waals surface area contributed by atoms with E-state index in [2.05, 4.69) is 15.9 Å². The van der Waals surface area contributed by atoms with Crippen molar-refractivity contribution in [3.63, 3.8) is 0 Å². The fraction of sp³-hybridized carbons (Fsp3) is 0.231. The molecule has 3 nitrogen and oxygen atoms in total. The lowest BCUT2D eigenvalue weighted by Gasteiger charge is -2.14. The summed E-state index contributed by atoms with van der Waals surface area (Å²) in [5.41, 5.74) is 7.07. The minimum atomic E-state index is -0.313. The first kappa shape index (κ1) is 12.2. The third-order valence-electron chi connectivity index (χ3n) is 2.60. The summed E-state index contributed by atoms with van der Waals surface area (Å²) in [5.74, 6) is 2.34. The zero-order valence-corrected chi connectivity index (χ0v) is 11.3. The normalized spacial score (nSPS) is 12.5. The highest BCUT2D eigenvalue weighted by atomic mass is 79.9. The molecular weight excluding hydrogens is 282 g/mol. The van der Waals surface area contributed by atoms with Crippen LogP contribution in [-0.2, 0) is 0 Å². The molecule has 2 N–H and O–H groups in total. The number of hydrogen-bond donors (Lipinski definition) is 1. The average Bonchev–Trinajstić information content (AvgIpc) is 2.75. The Labute approximate surface area is 109 Å². The van der Waals surface area contributed by atoms with Gasteiger partial charge in [-0.2, -0.15) is 0 Å². The van der Waals surface area contributed by atoms with Crippen molar-refractivity contribution in [1.29, 1.82) is 0 Å². The maximum atomic E-state index is 6.17. The Kier molecular flexibility index (Phi) is 3.54. The van der Waals surface area contributed by atoms with E-state index in [0.29, 0.717) is 0 Å². The first-order valence-electron chi connectivity index (χ1n) is 5.27. The molecule has 4 heteroatoms. The van der Waals surface area contributed by atoms with Gasteiger partial charge < -0.3 is 14.9 Å². The summed E-state index contributed by atoms with van der Waals surface area (Å²) in [6, 6.07) is 9.25. The van der Waals surface area contributed by atoms with Crippen molar-refractivity contribution in [2.75, 3.05) is 7.11 Å². The molecule has 0 radical (unpaired) electrons. The molecule has 1 aromatic carbocycles. The lowest BCUT2D eigenvalue weighted by Crippen LogP contribution is -2.12. The first-order chi connectivity index (χ1) is 8.11.